The van der Waals surface area contributed by atoms with Crippen molar-refractivity contribution in [3.05, 3.63) is 21.8 Å². The Labute approximate surface area is 164 Å². The number of hydrogen-bond acceptors (Lipinski definition) is 7. The van der Waals surface area contributed by atoms with Crippen molar-refractivity contribution in [2.75, 3.05) is 25.4 Å². The molecule has 1 N–H and O–H groups in total. The van der Waals surface area contributed by atoms with Crippen molar-refractivity contribution in [2.24, 2.45) is 7.05 Å². The van der Waals surface area contributed by atoms with Crippen molar-refractivity contribution >= 4 is 45.3 Å². The number of nitrogens with zero attached hydrogens (tertiary/aromatic N) is 3. The summed E-state index contributed by atoms with van der Waals surface area (Å²) in [6.45, 7) is 3.29. The predicted octanol–water partition coefficient (Wildman–Crippen LogP) is 1.82. The summed E-state index contributed by atoms with van der Waals surface area (Å²) in [6, 6.07) is 1.85. The molecule has 27 heavy (non-hydrogen) atoms. The summed E-state index contributed by atoms with van der Waals surface area (Å²) in [6.07, 6.45) is 1.10. The van der Waals surface area contributed by atoms with Crippen LogP contribution in [0.2, 0.25) is 0 Å². The van der Waals surface area contributed by atoms with E-state index < -0.39 is 0 Å². The van der Waals surface area contributed by atoms with Crippen LogP contribution in [0.3, 0.4) is 0 Å². The van der Waals surface area contributed by atoms with Gasteiger partial charge in [-0.2, -0.15) is 0 Å². The molecule has 146 valence electrons. The second-order valence-corrected chi connectivity index (χ2v) is 8.07. The summed E-state index contributed by atoms with van der Waals surface area (Å²) in [5.74, 6) is 0.0860. The largest absolute Gasteiger partial charge is 0.450 e. The van der Waals surface area contributed by atoms with E-state index in [1.54, 1.807) is 18.9 Å². The van der Waals surface area contributed by atoms with Crippen LogP contribution in [0.15, 0.2) is 21.4 Å². The van der Waals surface area contributed by atoms with Gasteiger partial charge in [0.1, 0.15) is 4.70 Å². The zero-order chi connectivity index (χ0) is 19.4. The van der Waals surface area contributed by atoms with Gasteiger partial charge >= 0.3 is 6.09 Å². The van der Waals surface area contributed by atoms with Crippen LogP contribution in [0.25, 0.3) is 10.2 Å². The summed E-state index contributed by atoms with van der Waals surface area (Å²) in [5.41, 5.74) is 0.571. The molecule has 2 amide bonds. The van der Waals surface area contributed by atoms with Crippen LogP contribution >= 0.6 is 23.1 Å². The zero-order valence-corrected chi connectivity index (χ0v) is 16.9. The highest BCUT2D eigenvalue weighted by Crippen LogP contribution is 2.20. The zero-order valence-electron chi connectivity index (χ0n) is 15.3. The number of amides is 2. The Kier molecular flexibility index (Phi) is 6.38. The van der Waals surface area contributed by atoms with Gasteiger partial charge in [0.2, 0.25) is 5.91 Å². The molecule has 1 aliphatic rings. The first-order valence-corrected chi connectivity index (χ1v) is 10.6. The third-order valence-electron chi connectivity index (χ3n) is 4.36. The van der Waals surface area contributed by atoms with E-state index in [9.17, 15) is 14.4 Å². The molecule has 2 aromatic rings. The van der Waals surface area contributed by atoms with E-state index in [1.165, 1.54) is 27.7 Å². The molecule has 0 unspecified atom stereocenters. The van der Waals surface area contributed by atoms with Crippen molar-refractivity contribution in [2.45, 2.75) is 31.0 Å². The summed E-state index contributed by atoms with van der Waals surface area (Å²) >= 11 is 2.62. The lowest BCUT2D eigenvalue weighted by Crippen LogP contribution is -2.47. The summed E-state index contributed by atoms with van der Waals surface area (Å²) in [7, 11) is 1.67. The molecule has 1 fully saturated rings. The first-order chi connectivity index (χ1) is 13.0. The molecule has 0 radical (unpaired) electrons. The first kappa shape index (κ1) is 19.7. The van der Waals surface area contributed by atoms with Gasteiger partial charge in [0.25, 0.3) is 5.56 Å². The van der Waals surface area contributed by atoms with Gasteiger partial charge in [-0.25, -0.2) is 9.78 Å². The monoisotopic (exact) mass is 410 g/mol. The standard InChI is InChI=1S/C17H22N4O4S2/c1-3-25-17(24)21-7-4-11(5-8-21)18-13(22)10-27-16-19-12-6-9-26-14(12)15(23)20(16)2/h6,9,11H,3-5,7-8,10H2,1-2H3,(H,18,22). The normalized spacial score (nSPS) is 15.1. The molecule has 0 aliphatic carbocycles. The van der Waals surface area contributed by atoms with Crippen molar-refractivity contribution in [1.29, 1.82) is 0 Å². The smallest absolute Gasteiger partial charge is 0.409 e. The number of ether oxygens (including phenoxy) is 1. The van der Waals surface area contributed by atoms with Gasteiger partial charge in [-0.3, -0.25) is 14.2 Å². The lowest BCUT2D eigenvalue weighted by molar-refractivity contribution is -0.119. The summed E-state index contributed by atoms with van der Waals surface area (Å²) < 4.78 is 7.10. The number of nitrogens with one attached hydrogen (secondary N) is 1. The van der Waals surface area contributed by atoms with Crippen LogP contribution in [0.5, 0.6) is 0 Å². The number of thiophene rings is 1. The summed E-state index contributed by atoms with van der Waals surface area (Å²) in [4.78, 5) is 42.4. The molecule has 0 spiro atoms. The topological polar surface area (TPSA) is 93.5 Å². The Bertz CT molecular complexity index is 887. The van der Waals surface area contributed by atoms with Crippen LogP contribution in [0.1, 0.15) is 19.8 Å². The second kappa shape index (κ2) is 8.75. The summed E-state index contributed by atoms with van der Waals surface area (Å²) in [5, 5.41) is 5.36. The molecular formula is C17H22N4O4S2. The van der Waals surface area contributed by atoms with Gasteiger partial charge < -0.3 is 15.0 Å². The van der Waals surface area contributed by atoms with Crippen LogP contribution in [0.4, 0.5) is 4.79 Å². The predicted molar refractivity (Wildman–Crippen MR) is 105 cm³/mol. The Morgan fingerprint density at radius 2 is 2.15 bits per heavy atom. The van der Waals surface area contributed by atoms with E-state index in [0.717, 1.165) is 0 Å². The third kappa shape index (κ3) is 4.62. The average molecular weight is 411 g/mol. The van der Waals surface area contributed by atoms with E-state index in [2.05, 4.69) is 10.3 Å². The fourth-order valence-electron chi connectivity index (χ4n) is 2.92. The molecule has 8 nitrogen and oxygen atoms in total. The first-order valence-electron chi connectivity index (χ1n) is 8.77. The van der Waals surface area contributed by atoms with Gasteiger partial charge in [-0.1, -0.05) is 11.8 Å². The van der Waals surface area contributed by atoms with Gasteiger partial charge in [0.05, 0.1) is 17.9 Å². The maximum Gasteiger partial charge on any atom is 0.409 e. The van der Waals surface area contributed by atoms with E-state index in [4.69, 9.17) is 4.74 Å². The molecule has 1 aliphatic heterocycles. The van der Waals surface area contributed by atoms with E-state index in [1.807, 2.05) is 11.4 Å². The molecule has 3 rings (SSSR count). The molecule has 0 atom stereocenters. The molecule has 3 heterocycles. The number of fused-ring (bicyclic) bond motifs is 1. The molecule has 2 aromatic heterocycles. The van der Waals surface area contributed by atoms with E-state index >= 15 is 0 Å². The molecule has 0 aromatic carbocycles. The molecule has 1 saturated heterocycles. The van der Waals surface area contributed by atoms with Crippen LogP contribution in [-0.2, 0) is 16.6 Å². The number of carbonyl (C=O) groups excluding carboxylic acids is 2. The third-order valence-corrected chi connectivity index (χ3v) is 6.29. The Morgan fingerprint density at radius 3 is 2.85 bits per heavy atom. The SMILES string of the molecule is CCOC(=O)N1CCC(NC(=O)CSc2nc3ccsc3c(=O)n2C)CC1. The minimum Gasteiger partial charge on any atom is -0.450 e. The number of rotatable bonds is 5. The molecule has 0 saturated carbocycles. The molecular weight excluding hydrogens is 388 g/mol. The van der Waals surface area contributed by atoms with Crippen LogP contribution in [-0.4, -0.2) is 57.9 Å². The van der Waals surface area contributed by atoms with Crippen molar-refractivity contribution < 1.29 is 14.3 Å². The van der Waals surface area contributed by atoms with Gasteiger partial charge in [0, 0.05) is 26.2 Å². The minimum atomic E-state index is -0.298. The number of thioether (sulfide) groups is 1. The highest BCUT2D eigenvalue weighted by molar-refractivity contribution is 7.99. The fourth-order valence-corrected chi connectivity index (χ4v) is 4.51. The Hall–Kier alpha value is -2.07. The average Bonchev–Trinajstić information content (AvgIpc) is 3.13. The minimum absolute atomic E-state index is 0.0416. The lowest BCUT2D eigenvalue weighted by atomic mass is 10.1. The quantitative estimate of drug-likeness (QED) is 0.597. The van der Waals surface area contributed by atoms with Gasteiger partial charge in [-0.05, 0) is 31.2 Å². The second-order valence-electron chi connectivity index (χ2n) is 6.21. The number of aromatic nitrogens is 2. The number of piperidine rings is 1. The van der Waals surface area contributed by atoms with E-state index in [0.29, 0.717) is 47.9 Å². The highest BCUT2D eigenvalue weighted by atomic mass is 32.2. The van der Waals surface area contributed by atoms with Gasteiger partial charge in [-0.15, -0.1) is 11.3 Å². The molecule has 0 bridgehead atoms. The maximum absolute atomic E-state index is 12.3. The van der Waals surface area contributed by atoms with Gasteiger partial charge in [0.15, 0.2) is 5.16 Å². The maximum atomic E-state index is 12.3. The number of likely N-dealkylation sites (tertiary alicyclic amines) is 1. The van der Waals surface area contributed by atoms with Crippen LogP contribution < -0.4 is 10.9 Å². The lowest BCUT2D eigenvalue weighted by Gasteiger charge is -2.31. The van der Waals surface area contributed by atoms with Crippen LogP contribution in [0, 0.1) is 0 Å². The number of carbonyl (C=O) groups is 2. The van der Waals surface area contributed by atoms with Crippen molar-refractivity contribution in [3.63, 3.8) is 0 Å². The molecule has 10 heteroatoms. The Balaban J connectivity index is 1.50. The fraction of sp³-hybridized carbons (Fsp3) is 0.529. The van der Waals surface area contributed by atoms with Crippen molar-refractivity contribution in [1.82, 2.24) is 19.8 Å². The van der Waals surface area contributed by atoms with E-state index in [-0.39, 0.29) is 29.4 Å². The Morgan fingerprint density at radius 1 is 1.41 bits per heavy atom. The van der Waals surface area contributed by atoms with Crippen molar-refractivity contribution in [3.8, 4) is 0 Å². The number of hydrogen-bond donors (Lipinski definition) is 1. The highest BCUT2D eigenvalue weighted by Gasteiger charge is 2.24.